The van der Waals surface area contributed by atoms with E-state index in [0.717, 1.165) is 18.4 Å². The summed E-state index contributed by atoms with van der Waals surface area (Å²) >= 11 is 0. The van der Waals surface area contributed by atoms with Crippen molar-refractivity contribution in [2.45, 2.75) is 404 Å². The number of fused-ring (bicyclic) bond motifs is 7. The second-order valence-electron chi connectivity index (χ2n) is 39.4. The molecule has 0 aromatic rings. The molecule has 125 heavy (non-hydrogen) atoms. The molecule has 0 aromatic carbocycles. The summed E-state index contributed by atoms with van der Waals surface area (Å²) < 4.78 is 106. The number of aliphatic hydroxyl groups is 24. The highest BCUT2D eigenvalue weighted by Gasteiger charge is 2.71. The molecule has 720 valence electrons. The predicted octanol–water partition coefficient (Wildman–Crippen LogP) is -8.55. The highest BCUT2D eigenvalue weighted by molar-refractivity contribution is 5.79. The molecule has 5 aliphatic carbocycles. The van der Waals surface area contributed by atoms with E-state index in [-0.39, 0.29) is 40.6 Å². The highest BCUT2D eigenvalue weighted by atomic mass is 16.8. The molecule has 9 aliphatic heterocycles. The first kappa shape index (κ1) is 98.6. The molecule has 0 aromatic heterocycles. The van der Waals surface area contributed by atoms with Gasteiger partial charge >= 0.3 is 5.97 Å². The molecule has 9 saturated heterocycles. The summed E-state index contributed by atoms with van der Waals surface area (Å²) in [5.74, 6) is -0.851. The first-order valence-electron chi connectivity index (χ1n) is 43.8. The number of carbonyl (C=O) groups excluding carboxylic acids is 1. The van der Waals surface area contributed by atoms with Crippen LogP contribution in [0.15, 0.2) is 11.6 Å². The third-order valence-corrected chi connectivity index (χ3v) is 31.1. The summed E-state index contributed by atoms with van der Waals surface area (Å²) in [7, 11) is 0. The van der Waals surface area contributed by atoms with E-state index in [0.29, 0.717) is 51.4 Å². The third-order valence-electron chi connectivity index (χ3n) is 31.1. The van der Waals surface area contributed by atoms with Gasteiger partial charge in [0.05, 0.1) is 69.5 Å². The van der Waals surface area contributed by atoms with Gasteiger partial charge in [-0.1, -0.05) is 60.1 Å². The summed E-state index contributed by atoms with van der Waals surface area (Å²) in [6.07, 6.45) is -65.8. The number of hydrogen-bond acceptors (Lipinski definition) is 43. The average Bonchev–Trinajstić information content (AvgIpc) is 0.673. The standard InChI is InChI=1S/C82H134O43/c1-28-42(86)49(93)56(100)67(112-28)109-25-36-46(90)51(95)58(102)72(118-36)122-64-35(23-84)116-71(61(105)54(64)98)117-38-27-111-69(55(99)48(38)92)123-65-44(88)30(3)114-74(62(65)106)124-66-45(89)33(85)24-108-75(66)120-41-14-15-79(8)39(78(41,6)7)13-16-81(10)40(79)12-11-31-32-21-77(4,5)17-19-82(32,20-18-80(31,81)9)76(107)125-73-59(103)52(96)47(91)37(119-73)26-110-68-60(104)53(97)63(34(22-83)115-68)121-70-57(101)50(94)43(87)29(2)113-70/h11,28-30,32-75,83-106H,12-27H2,1-10H3/t28-,29-,30-,32+,33-,34+,35+,36+,37+,38+,39-,40+,41-,42-,43-,44-,45-,46+,47+,48+,49+,50+,51-,52-,53+,54+,55+,56+,57+,58+,59+,60+,61+,62+,63+,64+,65+,66+,67+,68+,69-,70-,71-,72-,73-,74-,75-,79-,80+,81+,82-/m0/s1. The van der Waals surface area contributed by atoms with Crippen LogP contribution in [0.3, 0.4) is 0 Å². The Balaban J connectivity index is 0.590. The Morgan fingerprint density at radius 1 is 0.384 bits per heavy atom. The van der Waals surface area contributed by atoms with Gasteiger partial charge in [0.15, 0.2) is 50.3 Å². The number of carbonyl (C=O) groups is 1. The van der Waals surface area contributed by atoms with Gasteiger partial charge in [0.25, 0.3) is 0 Å². The molecule has 0 bridgehead atoms. The van der Waals surface area contributed by atoms with Gasteiger partial charge in [0.1, 0.15) is 189 Å². The van der Waals surface area contributed by atoms with E-state index in [2.05, 4.69) is 54.5 Å². The Morgan fingerprint density at radius 2 is 0.832 bits per heavy atom. The highest BCUT2D eigenvalue weighted by Crippen LogP contribution is 2.76. The van der Waals surface area contributed by atoms with Crippen LogP contribution in [0.25, 0.3) is 0 Å². The van der Waals surface area contributed by atoms with Gasteiger partial charge in [-0.3, -0.25) is 4.79 Å². The molecule has 51 atom stereocenters. The molecule has 0 unspecified atom stereocenters. The van der Waals surface area contributed by atoms with Gasteiger partial charge in [0, 0.05) is 0 Å². The van der Waals surface area contributed by atoms with E-state index >= 15 is 4.79 Å². The first-order chi connectivity index (χ1) is 58.7. The number of allylic oxidation sites excluding steroid dienone is 2. The van der Waals surface area contributed by atoms with Gasteiger partial charge < -0.3 is 208 Å². The second-order valence-corrected chi connectivity index (χ2v) is 39.4. The molecule has 0 amide bonds. The maximum atomic E-state index is 15.4. The summed E-state index contributed by atoms with van der Waals surface area (Å²) in [6.45, 7) is 15.7. The van der Waals surface area contributed by atoms with Gasteiger partial charge in [-0.25, -0.2) is 0 Å². The zero-order valence-corrected chi connectivity index (χ0v) is 71.5. The minimum atomic E-state index is -2.09. The van der Waals surface area contributed by atoms with E-state index in [4.69, 9.17) is 85.3 Å². The molecule has 0 radical (unpaired) electrons. The Hall–Kier alpha value is -2.43. The van der Waals surface area contributed by atoms with Crippen LogP contribution in [0, 0.1) is 50.2 Å². The average molecular weight is 1810 g/mol. The lowest BCUT2D eigenvalue weighted by atomic mass is 9.33. The Bertz CT molecular complexity index is 3610. The van der Waals surface area contributed by atoms with Crippen molar-refractivity contribution in [2.75, 3.05) is 39.6 Å². The summed E-state index contributed by atoms with van der Waals surface area (Å²) in [5, 5.41) is 264. The van der Waals surface area contributed by atoms with E-state index in [9.17, 15) is 123 Å². The third kappa shape index (κ3) is 18.0. The SMILES string of the molecule is C[C@@H]1O[C@@H](OC[C@H]2O[C@@H](O[C@H]3[C@H](O)[C@@H](O)[C@H](O[C@@H]4CO[C@@H](O[C@@H]5[C@@H](O)[C@H](C)O[C@@H](O[C@H]6[C@H](O[C@H]7CC[C@]8(C)[C@H]9CC=C%10[C@H]%11CC(C)(C)CC[C@]%11(C(=O)O[C@@H]%11O[C@H](CO[C@@H]%12O[C@H](CO)[C@@H](O[C@@H]%13O[C@@H](C)[C@H](O)[C@@H](O)[C@H]%13O)[C@H](O)[C@H]%12O)[C@@H](O)[C@H](O)[C@H]%11O)CC[C@@]%10(C)[C@]9(C)CC[C@H]8C7(C)C)OC[C@H](O)[C@@H]6O)[C@@H]5O)[C@H](O)[C@@H]4O)O[C@@H]3CO)[C@H](O)[C@@H](O)[C@@H]2O)[C@H](O)[C@H](O)[C@H]1O. The van der Waals surface area contributed by atoms with Crippen LogP contribution in [-0.2, 0) is 90.1 Å². The number of rotatable bonds is 22. The van der Waals surface area contributed by atoms with Crippen molar-refractivity contribution in [1.82, 2.24) is 0 Å². The number of aliphatic hydroxyl groups excluding tert-OH is 24. The zero-order valence-electron chi connectivity index (χ0n) is 71.5. The van der Waals surface area contributed by atoms with Crippen molar-refractivity contribution in [3.05, 3.63) is 11.6 Å². The number of hydrogen-bond donors (Lipinski definition) is 24. The lowest BCUT2D eigenvalue weighted by Gasteiger charge is -2.71. The Labute approximate surface area is 721 Å². The molecule has 14 rings (SSSR count). The molecule has 9 heterocycles. The summed E-state index contributed by atoms with van der Waals surface area (Å²) in [4.78, 5) is 15.4. The smallest absolute Gasteiger partial charge is 0.315 e. The lowest BCUT2D eigenvalue weighted by Crippen LogP contribution is -2.67. The molecule has 13 fully saturated rings. The maximum Gasteiger partial charge on any atom is 0.315 e. The van der Waals surface area contributed by atoms with Crippen molar-refractivity contribution in [2.24, 2.45) is 50.2 Å². The second kappa shape index (κ2) is 38.0. The van der Waals surface area contributed by atoms with Crippen molar-refractivity contribution in [1.29, 1.82) is 0 Å². The minimum Gasteiger partial charge on any atom is -0.432 e. The first-order valence-corrected chi connectivity index (χ1v) is 43.8. The quantitative estimate of drug-likeness (QED) is 0.0272. The molecule has 0 spiro atoms. The molecule has 43 nitrogen and oxygen atoms in total. The van der Waals surface area contributed by atoms with Crippen LogP contribution >= 0.6 is 0 Å². The minimum absolute atomic E-state index is 0.0268. The fraction of sp³-hybridized carbons (Fsp3) is 0.963. The van der Waals surface area contributed by atoms with Gasteiger partial charge in [-0.2, -0.15) is 0 Å². The van der Waals surface area contributed by atoms with E-state index in [1.165, 1.54) is 20.8 Å². The monoisotopic (exact) mass is 1810 g/mol. The van der Waals surface area contributed by atoms with Crippen LogP contribution in [-0.4, -0.2) is 438 Å². The maximum absolute atomic E-state index is 15.4. The molecular formula is C82H134O43. The van der Waals surface area contributed by atoms with Crippen molar-refractivity contribution in [3.8, 4) is 0 Å². The lowest BCUT2D eigenvalue weighted by molar-refractivity contribution is -0.387. The largest absolute Gasteiger partial charge is 0.432 e. The van der Waals surface area contributed by atoms with Crippen molar-refractivity contribution >= 4 is 5.97 Å². The molecule has 43 heteroatoms. The summed E-state index contributed by atoms with van der Waals surface area (Å²) in [6, 6.07) is 0. The Kier molecular flexibility index (Phi) is 30.0. The van der Waals surface area contributed by atoms with Crippen LogP contribution < -0.4 is 0 Å². The van der Waals surface area contributed by atoms with E-state index in [1.54, 1.807) is 0 Å². The molecule has 24 N–H and O–H groups in total. The number of esters is 1. The topological polar surface area (TPSA) is 669 Å². The van der Waals surface area contributed by atoms with Crippen molar-refractivity contribution < 1.29 is 213 Å². The van der Waals surface area contributed by atoms with Crippen LogP contribution in [0.5, 0.6) is 0 Å². The predicted molar refractivity (Wildman–Crippen MR) is 410 cm³/mol. The molecular weight excluding hydrogens is 1670 g/mol. The van der Waals surface area contributed by atoms with Crippen molar-refractivity contribution in [3.63, 3.8) is 0 Å². The van der Waals surface area contributed by atoms with Crippen LogP contribution in [0.2, 0.25) is 0 Å². The Morgan fingerprint density at radius 3 is 1.42 bits per heavy atom. The van der Waals surface area contributed by atoms with Gasteiger partial charge in [0.2, 0.25) is 6.29 Å². The summed E-state index contributed by atoms with van der Waals surface area (Å²) in [5.41, 5.74) is -1.87. The molecule has 14 aliphatic rings. The molecule has 4 saturated carbocycles. The number of ether oxygens (including phenoxy) is 18. The fourth-order valence-electron chi connectivity index (χ4n) is 23.0. The normalized spacial score (nSPS) is 54.9. The van der Waals surface area contributed by atoms with Gasteiger partial charge in [-0.05, 0) is 130 Å². The zero-order chi connectivity index (χ0) is 91.0. The van der Waals surface area contributed by atoms with Crippen LogP contribution in [0.4, 0.5) is 0 Å². The van der Waals surface area contributed by atoms with Crippen LogP contribution in [0.1, 0.15) is 133 Å². The fourth-order valence-corrected chi connectivity index (χ4v) is 23.0. The van der Waals surface area contributed by atoms with E-state index < -0.39 is 325 Å². The van der Waals surface area contributed by atoms with E-state index in [1.807, 2.05) is 0 Å². The van der Waals surface area contributed by atoms with Gasteiger partial charge in [-0.15, -0.1) is 0 Å².